The maximum absolute atomic E-state index is 11.3. The van der Waals surface area contributed by atoms with E-state index in [1.807, 2.05) is 20.8 Å². The van der Waals surface area contributed by atoms with E-state index >= 15 is 0 Å². The van der Waals surface area contributed by atoms with Gasteiger partial charge >= 0.3 is 5.97 Å². The second-order valence-corrected chi connectivity index (χ2v) is 6.44. The lowest BCUT2D eigenvalue weighted by atomic mass is 9.89. The highest BCUT2D eigenvalue weighted by atomic mass is 16.4. The van der Waals surface area contributed by atoms with Gasteiger partial charge in [-0.3, -0.25) is 0 Å². The summed E-state index contributed by atoms with van der Waals surface area (Å²) in [5.41, 5.74) is 0.531. The van der Waals surface area contributed by atoms with E-state index in [1.165, 1.54) is 12.8 Å². The third kappa shape index (κ3) is 4.05. The van der Waals surface area contributed by atoms with Crippen molar-refractivity contribution in [2.24, 2.45) is 5.92 Å². The first-order chi connectivity index (χ1) is 9.31. The number of rotatable bonds is 7. The second kappa shape index (κ2) is 6.86. The topological polar surface area (TPSA) is 68.0 Å². The lowest BCUT2D eigenvalue weighted by Crippen LogP contribution is -2.24. The van der Waals surface area contributed by atoms with Crippen LogP contribution in [0.25, 0.3) is 0 Å². The Balaban J connectivity index is 3.03. The summed E-state index contributed by atoms with van der Waals surface area (Å²) in [6, 6.07) is 0. The molecule has 0 aliphatic heterocycles. The summed E-state index contributed by atoms with van der Waals surface area (Å²) >= 11 is 0. The highest BCUT2D eigenvalue weighted by molar-refractivity contribution is 5.86. The van der Waals surface area contributed by atoms with Crippen molar-refractivity contribution in [1.82, 2.24) is 15.0 Å². The van der Waals surface area contributed by atoms with Crippen LogP contribution in [0.1, 0.15) is 76.5 Å². The van der Waals surface area contributed by atoms with Crippen LogP contribution >= 0.6 is 0 Å². The maximum atomic E-state index is 11.3. The van der Waals surface area contributed by atoms with Gasteiger partial charge in [0, 0.05) is 12.0 Å². The molecule has 5 nitrogen and oxygen atoms in total. The average molecular weight is 281 g/mol. The fraction of sp³-hybridized carbons (Fsp3) is 0.800. The Morgan fingerprint density at radius 1 is 1.35 bits per heavy atom. The molecule has 0 bridgehead atoms. The highest BCUT2D eigenvalue weighted by Gasteiger charge is 2.29. The number of aromatic carboxylic acids is 1. The number of carbonyl (C=O) groups is 1. The molecule has 0 spiro atoms. The van der Waals surface area contributed by atoms with Crippen molar-refractivity contribution in [3.63, 3.8) is 0 Å². The van der Waals surface area contributed by atoms with E-state index in [4.69, 9.17) is 0 Å². The molecule has 5 heteroatoms. The van der Waals surface area contributed by atoms with E-state index in [1.54, 1.807) is 4.68 Å². The van der Waals surface area contributed by atoms with Crippen molar-refractivity contribution in [3.8, 4) is 0 Å². The average Bonchev–Trinajstić information content (AvgIpc) is 2.78. The Hall–Kier alpha value is -1.39. The minimum atomic E-state index is -0.997. The van der Waals surface area contributed by atoms with Crippen LogP contribution in [0.4, 0.5) is 0 Å². The number of unbranched alkanes of at least 4 members (excludes halogenated alkanes) is 1. The summed E-state index contributed by atoms with van der Waals surface area (Å²) in [5.74, 6) is -0.470. The van der Waals surface area contributed by atoms with Crippen LogP contribution in [0.2, 0.25) is 0 Å². The third-order valence-corrected chi connectivity index (χ3v) is 3.62. The van der Waals surface area contributed by atoms with Crippen LogP contribution in [0.5, 0.6) is 0 Å². The van der Waals surface area contributed by atoms with Gasteiger partial charge in [-0.2, -0.15) is 0 Å². The van der Waals surface area contributed by atoms with E-state index < -0.39 is 5.97 Å². The van der Waals surface area contributed by atoms with E-state index in [9.17, 15) is 9.90 Å². The van der Waals surface area contributed by atoms with Crippen LogP contribution in [0.3, 0.4) is 0 Å². The Morgan fingerprint density at radius 2 is 2.00 bits per heavy atom. The fourth-order valence-electron chi connectivity index (χ4n) is 2.49. The second-order valence-electron chi connectivity index (χ2n) is 6.44. The molecule has 0 saturated carbocycles. The molecular formula is C15H27N3O2. The van der Waals surface area contributed by atoms with Gasteiger partial charge in [-0.05, 0) is 12.3 Å². The SMILES string of the molecule is CCCCC(CC)Cn1nnc(C(=O)O)c1C(C)(C)C. The van der Waals surface area contributed by atoms with Gasteiger partial charge in [0.05, 0.1) is 5.69 Å². The Bertz CT molecular complexity index is 446. The molecule has 0 radical (unpaired) electrons. The zero-order chi connectivity index (χ0) is 15.3. The Kier molecular flexibility index (Phi) is 5.72. The first-order valence-corrected chi connectivity index (χ1v) is 7.48. The number of aromatic nitrogens is 3. The van der Waals surface area contributed by atoms with Gasteiger partial charge in [0.2, 0.25) is 0 Å². The zero-order valence-electron chi connectivity index (χ0n) is 13.3. The summed E-state index contributed by atoms with van der Waals surface area (Å²) in [5, 5.41) is 17.2. The number of hydrogen-bond acceptors (Lipinski definition) is 3. The first kappa shape index (κ1) is 16.7. The molecule has 114 valence electrons. The molecule has 0 saturated heterocycles. The van der Waals surface area contributed by atoms with E-state index in [-0.39, 0.29) is 11.1 Å². The molecule has 20 heavy (non-hydrogen) atoms. The highest BCUT2D eigenvalue weighted by Crippen LogP contribution is 2.26. The van der Waals surface area contributed by atoms with Gasteiger partial charge in [-0.1, -0.05) is 59.1 Å². The monoisotopic (exact) mass is 281 g/mol. The number of carboxylic acid groups (broad SMARTS) is 1. The lowest BCUT2D eigenvalue weighted by molar-refractivity contribution is 0.0687. The standard InChI is InChI=1S/C15H27N3O2/c1-6-8-9-11(7-2)10-18-13(15(3,4)5)12(14(19)20)16-17-18/h11H,6-10H2,1-5H3,(H,19,20). The summed E-state index contributed by atoms with van der Waals surface area (Å²) in [4.78, 5) is 11.3. The van der Waals surface area contributed by atoms with Crippen molar-refractivity contribution in [2.75, 3.05) is 0 Å². The van der Waals surface area contributed by atoms with Gasteiger partial charge < -0.3 is 5.11 Å². The molecule has 1 unspecified atom stereocenters. The van der Waals surface area contributed by atoms with Crippen LogP contribution in [0, 0.1) is 5.92 Å². The largest absolute Gasteiger partial charge is 0.476 e. The normalized spacial score (nSPS) is 13.4. The van der Waals surface area contributed by atoms with E-state index in [2.05, 4.69) is 24.2 Å². The molecule has 1 heterocycles. The summed E-state index contributed by atoms with van der Waals surface area (Å²) in [6.07, 6.45) is 4.61. The predicted octanol–water partition coefficient (Wildman–Crippen LogP) is 3.49. The zero-order valence-corrected chi connectivity index (χ0v) is 13.3. The number of carboxylic acids is 1. The summed E-state index contributed by atoms with van der Waals surface area (Å²) in [6.45, 7) is 11.1. The summed E-state index contributed by atoms with van der Waals surface area (Å²) in [7, 11) is 0. The molecule has 1 N–H and O–H groups in total. The van der Waals surface area contributed by atoms with Crippen molar-refractivity contribution in [2.45, 2.75) is 72.3 Å². The molecule has 0 aliphatic carbocycles. The Labute approximate surface area is 121 Å². The van der Waals surface area contributed by atoms with Crippen molar-refractivity contribution < 1.29 is 9.90 Å². The predicted molar refractivity (Wildman–Crippen MR) is 79.0 cm³/mol. The Morgan fingerprint density at radius 3 is 2.45 bits per heavy atom. The number of nitrogens with zero attached hydrogens (tertiary/aromatic N) is 3. The van der Waals surface area contributed by atoms with Gasteiger partial charge in [-0.15, -0.1) is 5.10 Å². The van der Waals surface area contributed by atoms with Crippen LogP contribution in [-0.2, 0) is 12.0 Å². The maximum Gasteiger partial charge on any atom is 0.358 e. The molecule has 0 aliphatic rings. The smallest absolute Gasteiger partial charge is 0.358 e. The van der Waals surface area contributed by atoms with Crippen molar-refractivity contribution in [1.29, 1.82) is 0 Å². The number of hydrogen-bond donors (Lipinski definition) is 1. The van der Waals surface area contributed by atoms with Crippen molar-refractivity contribution >= 4 is 5.97 Å². The van der Waals surface area contributed by atoms with Crippen LogP contribution in [0.15, 0.2) is 0 Å². The molecule has 1 aromatic rings. The molecule has 1 rings (SSSR count). The fourth-order valence-corrected chi connectivity index (χ4v) is 2.49. The van der Waals surface area contributed by atoms with Gasteiger partial charge in [0.1, 0.15) is 0 Å². The molecule has 0 amide bonds. The molecule has 1 aromatic heterocycles. The van der Waals surface area contributed by atoms with Crippen LogP contribution < -0.4 is 0 Å². The minimum absolute atomic E-state index is 0.0860. The quantitative estimate of drug-likeness (QED) is 0.830. The van der Waals surface area contributed by atoms with Gasteiger partial charge in [0.15, 0.2) is 5.69 Å². The van der Waals surface area contributed by atoms with Gasteiger partial charge in [-0.25, -0.2) is 9.48 Å². The van der Waals surface area contributed by atoms with Crippen molar-refractivity contribution in [3.05, 3.63) is 11.4 Å². The molecule has 0 aromatic carbocycles. The molecule has 0 fully saturated rings. The van der Waals surface area contributed by atoms with E-state index in [0.29, 0.717) is 5.92 Å². The lowest BCUT2D eigenvalue weighted by Gasteiger charge is -2.23. The van der Waals surface area contributed by atoms with Crippen LogP contribution in [-0.4, -0.2) is 26.1 Å². The first-order valence-electron chi connectivity index (χ1n) is 7.48. The molecular weight excluding hydrogens is 254 g/mol. The van der Waals surface area contributed by atoms with Gasteiger partial charge in [0.25, 0.3) is 0 Å². The summed E-state index contributed by atoms with van der Waals surface area (Å²) < 4.78 is 1.80. The molecule has 1 atom stereocenters. The minimum Gasteiger partial charge on any atom is -0.476 e. The third-order valence-electron chi connectivity index (χ3n) is 3.62. The van der Waals surface area contributed by atoms with E-state index in [0.717, 1.165) is 25.1 Å².